The minimum absolute atomic E-state index is 0.171. The first-order chi connectivity index (χ1) is 15.1. The zero-order valence-corrected chi connectivity index (χ0v) is 17.5. The fourth-order valence-corrected chi connectivity index (χ4v) is 3.64. The first-order valence-electron chi connectivity index (χ1n) is 10.1. The summed E-state index contributed by atoms with van der Waals surface area (Å²) >= 11 is 0. The van der Waals surface area contributed by atoms with Gasteiger partial charge < -0.3 is 5.32 Å². The Balaban J connectivity index is 1.56. The number of amides is 1. The van der Waals surface area contributed by atoms with Crippen LogP contribution in [0.4, 0.5) is 0 Å². The summed E-state index contributed by atoms with van der Waals surface area (Å²) in [6.07, 6.45) is 0. The van der Waals surface area contributed by atoms with Crippen LogP contribution in [0.15, 0.2) is 84.9 Å². The van der Waals surface area contributed by atoms with Gasteiger partial charge in [0.2, 0.25) is 0 Å². The zero-order chi connectivity index (χ0) is 21.8. The fourth-order valence-electron chi connectivity index (χ4n) is 3.64. The van der Waals surface area contributed by atoms with E-state index in [9.17, 15) is 9.59 Å². The molecule has 0 unspecified atom stereocenters. The van der Waals surface area contributed by atoms with Crippen LogP contribution in [0.25, 0.3) is 5.69 Å². The zero-order valence-electron chi connectivity index (χ0n) is 17.5. The maximum atomic E-state index is 13.0. The van der Waals surface area contributed by atoms with Gasteiger partial charge in [-0.3, -0.25) is 9.59 Å². The van der Waals surface area contributed by atoms with E-state index in [-0.39, 0.29) is 11.7 Å². The number of aromatic nitrogens is 2. The Morgan fingerprint density at radius 3 is 2.06 bits per heavy atom. The molecule has 0 fully saturated rings. The lowest BCUT2D eigenvalue weighted by Crippen LogP contribution is -2.25. The van der Waals surface area contributed by atoms with E-state index in [4.69, 9.17) is 0 Å². The summed E-state index contributed by atoms with van der Waals surface area (Å²) in [4.78, 5) is 25.9. The molecule has 5 heteroatoms. The van der Waals surface area contributed by atoms with Crippen molar-refractivity contribution in [2.75, 3.05) is 0 Å². The summed E-state index contributed by atoms with van der Waals surface area (Å²) in [7, 11) is 0. The van der Waals surface area contributed by atoms with Gasteiger partial charge in [-0.2, -0.15) is 5.10 Å². The Labute approximate surface area is 181 Å². The molecule has 0 bridgehead atoms. The number of rotatable bonds is 6. The number of aryl methyl sites for hydroxylation is 1. The Morgan fingerprint density at radius 2 is 1.39 bits per heavy atom. The fraction of sp³-hybridized carbons (Fsp3) is 0.115. The van der Waals surface area contributed by atoms with Gasteiger partial charge in [-0.15, -0.1) is 0 Å². The third kappa shape index (κ3) is 4.16. The summed E-state index contributed by atoms with van der Waals surface area (Å²) < 4.78 is 1.88. The second kappa shape index (κ2) is 8.79. The number of nitrogens with one attached hydrogen (secondary N) is 1. The predicted octanol–water partition coefficient (Wildman–Crippen LogP) is 4.65. The second-order valence-electron chi connectivity index (χ2n) is 7.32. The molecule has 0 atom stereocenters. The molecule has 0 spiro atoms. The Morgan fingerprint density at radius 1 is 0.806 bits per heavy atom. The van der Waals surface area contributed by atoms with Crippen molar-refractivity contribution in [3.05, 3.63) is 119 Å². The van der Waals surface area contributed by atoms with E-state index in [1.165, 1.54) is 0 Å². The van der Waals surface area contributed by atoms with Crippen molar-refractivity contribution in [3.63, 3.8) is 0 Å². The predicted molar refractivity (Wildman–Crippen MR) is 121 cm³/mol. The van der Waals surface area contributed by atoms with Crippen molar-refractivity contribution < 1.29 is 9.59 Å². The minimum Gasteiger partial charge on any atom is -0.348 e. The molecule has 4 aromatic rings. The molecule has 154 valence electrons. The number of nitrogens with zero attached hydrogens (tertiary/aromatic N) is 2. The van der Waals surface area contributed by atoms with Crippen molar-refractivity contribution in [1.29, 1.82) is 0 Å². The summed E-state index contributed by atoms with van der Waals surface area (Å²) in [5.74, 6) is -0.457. The van der Waals surface area contributed by atoms with E-state index < -0.39 is 0 Å². The van der Waals surface area contributed by atoms with E-state index in [0.717, 1.165) is 22.6 Å². The number of hydrogen-bond donors (Lipinski definition) is 1. The summed E-state index contributed by atoms with van der Waals surface area (Å²) in [5, 5.41) is 7.59. The highest BCUT2D eigenvalue weighted by Crippen LogP contribution is 2.19. The SMILES string of the molecule is Cc1nn(-c2ccccc2)c(C)c1CNC(=O)c1ccccc1C(=O)c1ccccc1. The molecule has 1 N–H and O–H groups in total. The first kappa shape index (κ1) is 20.3. The quantitative estimate of drug-likeness (QED) is 0.472. The third-order valence-electron chi connectivity index (χ3n) is 5.32. The molecule has 5 nitrogen and oxygen atoms in total. The molecule has 1 heterocycles. The van der Waals surface area contributed by atoms with Gasteiger partial charge in [-0.1, -0.05) is 66.7 Å². The molecule has 0 radical (unpaired) electrons. The number of benzene rings is 3. The van der Waals surface area contributed by atoms with Gasteiger partial charge >= 0.3 is 0 Å². The Bertz CT molecular complexity index is 1230. The van der Waals surface area contributed by atoms with Crippen LogP contribution in [0, 0.1) is 13.8 Å². The normalized spacial score (nSPS) is 10.6. The van der Waals surface area contributed by atoms with Crippen LogP contribution < -0.4 is 5.32 Å². The second-order valence-corrected chi connectivity index (χ2v) is 7.32. The smallest absolute Gasteiger partial charge is 0.252 e. The van der Waals surface area contributed by atoms with Gasteiger partial charge in [0.15, 0.2) is 5.78 Å². The highest BCUT2D eigenvalue weighted by atomic mass is 16.2. The average Bonchev–Trinajstić information content (AvgIpc) is 3.11. The topological polar surface area (TPSA) is 64.0 Å². The molecule has 0 aliphatic rings. The lowest BCUT2D eigenvalue weighted by Gasteiger charge is -2.10. The van der Waals surface area contributed by atoms with Gasteiger partial charge in [0.05, 0.1) is 16.9 Å². The largest absolute Gasteiger partial charge is 0.348 e. The molecule has 0 saturated heterocycles. The monoisotopic (exact) mass is 409 g/mol. The average molecular weight is 409 g/mol. The molecule has 1 aromatic heterocycles. The molecule has 31 heavy (non-hydrogen) atoms. The van der Waals surface area contributed by atoms with Gasteiger partial charge in [-0.25, -0.2) is 4.68 Å². The van der Waals surface area contributed by atoms with Crippen LogP contribution in [0.1, 0.15) is 43.2 Å². The van der Waals surface area contributed by atoms with E-state index in [0.29, 0.717) is 23.2 Å². The number of carbonyl (C=O) groups excluding carboxylic acids is 2. The number of hydrogen-bond acceptors (Lipinski definition) is 3. The van der Waals surface area contributed by atoms with Gasteiger partial charge in [0, 0.05) is 28.9 Å². The molecule has 0 saturated carbocycles. The highest BCUT2D eigenvalue weighted by Gasteiger charge is 2.19. The van der Waals surface area contributed by atoms with Crippen molar-refractivity contribution in [2.24, 2.45) is 0 Å². The lowest BCUT2D eigenvalue weighted by atomic mass is 9.98. The first-order valence-corrected chi connectivity index (χ1v) is 10.1. The van der Waals surface area contributed by atoms with Crippen LogP contribution in [-0.2, 0) is 6.54 Å². The molecule has 0 aliphatic carbocycles. The van der Waals surface area contributed by atoms with Crippen molar-refractivity contribution in [2.45, 2.75) is 20.4 Å². The minimum atomic E-state index is -0.286. The van der Waals surface area contributed by atoms with E-state index in [2.05, 4.69) is 10.4 Å². The number of carbonyl (C=O) groups is 2. The highest BCUT2D eigenvalue weighted by molar-refractivity contribution is 6.15. The molecule has 4 rings (SSSR count). The van der Waals surface area contributed by atoms with E-state index in [1.54, 1.807) is 36.4 Å². The Kier molecular flexibility index (Phi) is 5.76. The summed E-state index contributed by atoms with van der Waals surface area (Å²) in [6, 6.07) is 25.8. The van der Waals surface area contributed by atoms with Gasteiger partial charge in [0.1, 0.15) is 0 Å². The van der Waals surface area contributed by atoms with Crippen LogP contribution in [0.2, 0.25) is 0 Å². The molecular weight excluding hydrogens is 386 g/mol. The molecule has 3 aromatic carbocycles. The Hall–Kier alpha value is -3.99. The third-order valence-corrected chi connectivity index (χ3v) is 5.32. The molecule has 0 aliphatic heterocycles. The lowest BCUT2D eigenvalue weighted by molar-refractivity contribution is 0.0939. The standard InChI is InChI=1S/C26H23N3O2/c1-18-24(19(2)29(28-18)21-13-7-4-8-14-21)17-27-26(31)23-16-10-9-15-22(23)25(30)20-11-5-3-6-12-20/h3-16H,17H2,1-2H3,(H,27,31). The van der Waals surface area contributed by atoms with Gasteiger partial charge in [0.25, 0.3) is 5.91 Å². The van der Waals surface area contributed by atoms with Crippen molar-refractivity contribution in [3.8, 4) is 5.69 Å². The van der Waals surface area contributed by atoms with E-state index in [1.807, 2.05) is 67.1 Å². The van der Waals surface area contributed by atoms with Crippen LogP contribution in [0.5, 0.6) is 0 Å². The maximum Gasteiger partial charge on any atom is 0.252 e. The van der Waals surface area contributed by atoms with Gasteiger partial charge in [-0.05, 0) is 32.0 Å². The summed E-state index contributed by atoms with van der Waals surface area (Å²) in [5.41, 5.74) is 5.07. The summed E-state index contributed by atoms with van der Waals surface area (Å²) in [6.45, 7) is 4.25. The van der Waals surface area contributed by atoms with Crippen molar-refractivity contribution >= 4 is 11.7 Å². The van der Waals surface area contributed by atoms with Crippen LogP contribution in [0.3, 0.4) is 0 Å². The molecule has 1 amide bonds. The molecular formula is C26H23N3O2. The van der Waals surface area contributed by atoms with Crippen molar-refractivity contribution in [1.82, 2.24) is 15.1 Å². The number of ketones is 1. The van der Waals surface area contributed by atoms with Crippen LogP contribution >= 0.6 is 0 Å². The number of para-hydroxylation sites is 1. The maximum absolute atomic E-state index is 13.0. The van der Waals surface area contributed by atoms with Crippen LogP contribution in [-0.4, -0.2) is 21.5 Å². The van der Waals surface area contributed by atoms with E-state index >= 15 is 0 Å².